The molecule has 0 amide bonds. The highest BCUT2D eigenvalue weighted by molar-refractivity contribution is 5.76. The minimum atomic E-state index is -0.845. The molecule has 1 rings (SSSR count). The van der Waals surface area contributed by atoms with E-state index in [-0.39, 0.29) is 6.61 Å². The maximum Gasteiger partial charge on any atom is 0.162 e. The van der Waals surface area contributed by atoms with Crippen molar-refractivity contribution in [3.05, 3.63) is 23.8 Å². The van der Waals surface area contributed by atoms with E-state index in [0.717, 1.165) is 6.29 Å². The number of benzene rings is 1. The summed E-state index contributed by atoms with van der Waals surface area (Å²) in [5, 5.41) is 10.1. The molecule has 0 atom stereocenters. The molecule has 4 nitrogen and oxygen atoms in total. The predicted octanol–water partition coefficient (Wildman–Crippen LogP) is 2.44. The smallest absolute Gasteiger partial charge is 0.162 e. The van der Waals surface area contributed by atoms with Crippen molar-refractivity contribution in [1.29, 1.82) is 0 Å². The fourth-order valence-electron chi connectivity index (χ4n) is 1.55. The van der Waals surface area contributed by atoms with E-state index in [1.54, 1.807) is 18.2 Å². The molecule has 0 heterocycles. The van der Waals surface area contributed by atoms with Gasteiger partial charge in [0, 0.05) is 5.56 Å². The van der Waals surface area contributed by atoms with Gasteiger partial charge in [-0.25, -0.2) is 0 Å². The lowest BCUT2D eigenvalue weighted by Crippen LogP contribution is -2.34. The van der Waals surface area contributed by atoms with Gasteiger partial charge in [-0.15, -0.1) is 0 Å². The van der Waals surface area contributed by atoms with Crippen LogP contribution in [0.5, 0.6) is 11.5 Å². The highest BCUT2D eigenvalue weighted by atomic mass is 16.5. The number of ether oxygens (including phenoxy) is 2. The topological polar surface area (TPSA) is 55.8 Å². The second-order valence-electron chi connectivity index (χ2n) is 4.25. The van der Waals surface area contributed by atoms with Crippen LogP contribution in [0.15, 0.2) is 18.2 Å². The highest BCUT2D eigenvalue weighted by Crippen LogP contribution is 2.29. The van der Waals surface area contributed by atoms with Gasteiger partial charge in [-0.1, -0.05) is 13.8 Å². The Hall–Kier alpha value is -1.55. The van der Waals surface area contributed by atoms with Gasteiger partial charge in [-0.3, -0.25) is 4.79 Å². The number of methoxy groups -OCH3 is 1. The van der Waals surface area contributed by atoms with E-state index in [4.69, 9.17) is 9.47 Å². The Kier molecular flexibility index (Phi) is 5.16. The molecular formula is C14H20O4. The van der Waals surface area contributed by atoms with Crippen LogP contribution in [-0.2, 0) is 0 Å². The Labute approximate surface area is 108 Å². The maximum absolute atomic E-state index is 10.7. The predicted molar refractivity (Wildman–Crippen MR) is 69.4 cm³/mol. The molecular weight excluding hydrogens is 232 g/mol. The summed E-state index contributed by atoms with van der Waals surface area (Å²) in [6.07, 6.45) is 1.97. The number of aldehydes is 1. The second-order valence-corrected chi connectivity index (χ2v) is 4.25. The van der Waals surface area contributed by atoms with Gasteiger partial charge in [0.1, 0.15) is 12.9 Å². The summed E-state index contributed by atoms with van der Waals surface area (Å²) in [5.41, 5.74) is -0.329. The molecule has 4 heteroatoms. The number of aliphatic hydroxyl groups is 1. The molecule has 0 radical (unpaired) electrons. The molecule has 1 aromatic carbocycles. The van der Waals surface area contributed by atoms with E-state index in [2.05, 4.69) is 0 Å². The molecule has 0 aliphatic carbocycles. The van der Waals surface area contributed by atoms with E-state index in [1.807, 2.05) is 13.8 Å². The van der Waals surface area contributed by atoms with Crippen LogP contribution in [0.25, 0.3) is 0 Å². The van der Waals surface area contributed by atoms with Crippen molar-refractivity contribution in [3.8, 4) is 11.5 Å². The van der Waals surface area contributed by atoms with Crippen LogP contribution in [0.2, 0.25) is 0 Å². The van der Waals surface area contributed by atoms with Crippen LogP contribution in [0.3, 0.4) is 0 Å². The largest absolute Gasteiger partial charge is 0.493 e. The molecule has 0 spiro atoms. The van der Waals surface area contributed by atoms with Crippen LogP contribution in [-0.4, -0.2) is 30.7 Å². The van der Waals surface area contributed by atoms with Crippen LogP contribution >= 0.6 is 0 Å². The van der Waals surface area contributed by atoms with Crippen molar-refractivity contribution in [2.24, 2.45) is 0 Å². The minimum Gasteiger partial charge on any atom is -0.493 e. The molecule has 1 aromatic rings. The van der Waals surface area contributed by atoms with E-state index in [0.29, 0.717) is 29.9 Å². The van der Waals surface area contributed by atoms with Gasteiger partial charge >= 0.3 is 0 Å². The summed E-state index contributed by atoms with van der Waals surface area (Å²) in [6.45, 7) is 4.00. The first-order valence-corrected chi connectivity index (χ1v) is 6.07. The van der Waals surface area contributed by atoms with Gasteiger partial charge in [0.2, 0.25) is 0 Å². The highest BCUT2D eigenvalue weighted by Gasteiger charge is 2.23. The van der Waals surface area contributed by atoms with Gasteiger partial charge in [0.05, 0.1) is 12.7 Å². The first-order chi connectivity index (χ1) is 8.58. The third kappa shape index (κ3) is 3.47. The van der Waals surface area contributed by atoms with Crippen molar-refractivity contribution >= 4 is 6.29 Å². The van der Waals surface area contributed by atoms with Crippen molar-refractivity contribution in [2.75, 3.05) is 13.7 Å². The summed E-state index contributed by atoms with van der Waals surface area (Å²) < 4.78 is 10.7. The molecule has 0 unspecified atom stereocenters. The molecule has 100 valence electrons. The number of hydrogen-bond donors (Lipinski definition) is 1. The summed E-state index contributed by atoms with van der Waals surface area (Å²) in [5.74, 6) is 1.03. The third-order valence-electron chi connectivity index (χ3n) is 3.14. The number of rotatable bonds is 7. The quantitative estimate of drug-likeness (QED) is 0.757. The molecule has 0 saturated carbocycles. The van der Waals surface area contributed by atoms with E-state index in [1.165, 1.54) is 7.11 Å². The molecule has 0 aliphatic rings. The summed E-state index contributed by atoms with van der Waals surface area (Å²) in [4.78, 5) is 10.7. The van der Waals surface area contributed by atoms with Gasteiger partial charge in [0.15, 0.2) is 11.5 Å². The SMILES string of the molecule is CCC(O)(CC)COc1cc(C=O)ccc1OC. The summed E-state index contributed by atoms with van der Waals surface area (Å²) in [6, 6.07) is 4.94. The molecule has 0 fully saturated rings. The lowest BCUT2D eigenvalue weighted by atomic mass is 9.99. The van der Waals surface area contributed by atoms with Gasteiger partial charge in [0.25, 0.3) is 0 Å². The second kappa shape index (κ2) is 6.40. The van der Waals surface area contributed by atoms with Crippen LogP contribution in [0, 0.1) is 0 Å². The first-order valence-electron chi connectivity index (χ1n) is 6.07. The van der Waals surface area contributed by atoms with Crippen molar-refractivity contribution in [1.82, 2.24) is 0 Å². The molecule has 18 heavy (non-hydrogen) atoms. The molecule has 1 N–H and O–H groups in total. The lowest BCUT2D eigenvalue weighted by Gasteiger charge is -2.25. The maximum atomic E-state index is 10.7. The normalized spacial score (nSPS) is 11.1. The van der Waals surface area contributed by atoms with Crippen LogP contribution < -0.4 is 9.47 Å². The molecule has 0 aromatic heterocycles. The van der Waals surface area contributed by atoms with Gasteiger partial charge < -0.3 is 14.6 Å². The van der Waals surface area contributed by atoms with Gasteiger partial charge in [-0.2, -0.15) is 0 Å². The van der Waals surface area contributed by atoms with E-state index in [9.17, 15) is 9.90 Å². The third-order valence-corrected chi connectivity index (χ3v) is 3.14. The molecule has 0 saturated heterocycles. The Bertz CT molecular complexity index is 397. The Morgan fingerprint density at radius 1 is 1.28 bits per heavy atom. The first kappa shape index (κ1) is 14.5. The van der Waals surface area contributed by atoms with Crippen molar-refractivity contribution in [2.45, 2.75) is 32.3 Å². The standard InChI is InChI=1S/C14H20O4/c1-4-14(16,5-2)10-18-13-8-11(9-15)6-7-12(13)17-3/h6-9,16H,4-5,10H2,1-3H3. The zero-order valence-corrected chi connectivity index (χ0v) is 11.1. The minimum absolute atomic E-state index is 0.179. The summed E-state index contributed by atoms with van der Waals surface area (Å²) >= 11 is 0. The Balaban J connectivity index is 2.85. The van der Waals surface area contributed by atoms with Crippen molar-refractivity contribution in [3.63, 3.8) is 0 Å². The summed E-state index contributed by atoms with van der Waals surface area (Å²) in [7, 11) is 1.54. The van der Waals surface area contributed by atoms with Crippen molar-refractivity contribution < 1.29 is 19.4 Å². The fraction of sp³-hybridized carbons (Fsp3) is 0.500. The van der Waals surface area contributed by atoms with E-state index >= 15 is 0 Å². The average Bonchev–Trinajstić information content (AvgIpc) is 2.44. The zero-order chi connectivity index (χ0) is 13.6. The molecule has 0 bridgehead atoms. The Morgan fingerprint density at radius 2 is 1.94 bits per heavy atom. The Morgan fingerprint density at radius 3 is 2.44 bits per heavy atom. The zero-order valence-electron chi connectivity index (χ0n) is 11.1. The van der Waals surface area contributed by atoms with Gasteiger partial charge in [-0.05, 0) is 31.0 Å². The molecule has 0 aliphatic heterocycles. The van der Waals surface area contributed by atoms with Crippen LogP contribution in [0.4, 0.5) is 0 Å². The van der Waals surface area contributed by atoms with Crippen LogP contribution in [0.1, 0.15) is 37.0 Å². The fourth-order valence-corrected chi connectivity index (χ4v) is 1.55. The lowest BCUT2D eigenvalue weighted by molar-refractivity contribution is -0.0119. The number of hydrogen-bond acceptors (Lipinski definition) is 4. The number of carbonyl (C=O) groups excluding carboxylic acids is 1. The number of carbonyl (C=O) groups is 1. The van der Waals surface area contributed by atoms with E-state index < -0.39 is 5.60 Å². The monoisotopic (exact) mass is 252 g/mol. The average molecular weight is 252 g/mol.